The van der Waals surface area contributed by atoms with Crippen molar-refractivity contribution in [2.75, 3.05) is 5.73 Å². The lowest BCUT2D eigenvalue weighted by atomic mass is 10.3. The number of hydrogen-bond donors (Lipinski definition) is 1. The Bertz CT molecular complexity index is 650. The van der Waals surface area contributed by atoms with Crippen molar-refractivity contribution in [3.8, 4) is 5.69 Å². The average Bonchev–Trinajstić information content (AvgIpc) is 2.61. The normalized spacial score (nSPS) is 18.2. The first-order valence-electron chi connectivity index (χ1n) is 6.66. The molecular formula is C9H9N3. The van der Waals surface area contributed by atoms with Crippen molar-refractivity contribution in [1.29, 1.82) is 0 Å². The summed E-state index contributed by atoms with van der Waals surface area (Å²) >= 11 is 0. The maximum Gasteiger partial charge on any atom is 0.105 e. The van der Waals surface area contributed by atoms with Gasteiger partial charge in [-0.2, -0.15) is 0 Å². The highest BCUT2D eigenvalue weighted by Gasteiger charge is 1.93. The highest BCUT2D eigenvalue weighted by Crippen LogP contribution is 2.10. The average molecular weight is 166 g/mol. The smallest absolute Gasteiger partial charge is 0.105 e. The molecule has 0 unspecified atom stereocenters. The molecule has 0 aliphatic carbocycles. The molecule has 3 heteroatoms. The molecule has 0 saturated carbocycles. The van der Waals surface area contributed by atoms with E-state index in [1.807, 2.05) is 0 Å². The van der Waals surface area contributed by atoms with Gasteiger partial charge < -0.3 is 10.3 Å². The molecule has 60 valence electrons. The van der Waals surface area contributed by atoms with E-state index in [0.717, 1.165) is 4.57 Å². The van der Waals surface area contributed by atoms with E-state index in [1.54, 1.807) is 0 Å². The lowest BCUT2D eigenvalue weighted by Gasteiger charge is -2.01. The third kappa shape index (κ3) is 1.16. The Morgan fingerprint density at radius 2 is 2.42 bits per heavy atom. The molecule has 2 rings (SSSR count). The number of imidazole rings is 1. The molecule has 0 radical (unpaired) electrons. The first kappa shape index (κ1) is 2.62. The molecule has 0 bridgehead atoms. The Balaban J connectivity index is 2.91. The predicted octanol–water partition coefficient (Wildman–Crippen LogP) is 1.45. The van der Waals surface area contributed by atoms with Gasteiger partial charge in [0, 0.05) is 23.7 Å². The SMILES string of the molecule is [2H]c1nc([2H])n(-c2c([2H])c([2H])c([2H])c(N)c2[2H])c1[2H]. The van der Waals surface area contributed by atoms with E-state index in [2.05, 4.69) is 4.98 Å². The minimum Gasteiger partial charge on any atom is -0.399 e. The number of rotatable bonds is 1. The largest absolute Gasteiger partial charge is 0.399 e. The van der Waals surface area contributed by atoms with Crippen molar-refractivity contribution in [2.45, 2.75) is 0 Å². The van der Waals surface area contributed by atoms with Crippen LogP contribution in [0.25, 0.3) is 5.69 Å². The van der Waals surface area contributed by atoms with E-state index < -0.39 is 42.8 Å². The molecule has 2 aromatic rings. The zero-order valence-electron chi connectivity index (χ0n) is 13.0. The van der Waals surface area contributed by atoms with E-state index >= 15 is 0 Å². The van der Waals surface area contributed by atoms with Gasteiger partial charge in [0.15, 0.2) is 0 Å². The summed E-state index contributed by atoms with van der Waals surface area (Å²) in [6.45, 7) is 0. The van der Waals surface area contributed by atoms with E-state index in [4.69, 9.17) is 15.3 Å². The van der Waals surface area contributed by atoms with Gasteiger partial charge in [0.05, 0.1) is 14.5 Å². The molecule has 1 aromatic heterocycles. The topological polar surface area (TPSA) is 43.8 Å². The van der Waals surface area contributed by atoms with Crippen molar-refractivity contribution in [3.63, 3.8) is 0 Å². The van der Waals surface area contributed by atoms with Gasteiger partial charge >= 0.3 is 0 Å². The fourth-order valence-corrected chi connectivity index (χ4v) is 0.741. The van der Waals surface area contributed by atoms with Gasteiger partial charge in [-0.1, -0.05) is 6.04 Å². The van der Waals surface area contributed by atoms with Crippen LogP contribution >= 0.6 is 0 Å². The summed E-state index contributed by atoms with van der Waals surface area (Å²) in [4.78, 5) is 3.44. The quantitative estimate of drug-likeness (QED) is 0.652. The van der Waals surface area contributed by atoms with E-state index in [1.165, 1.54) is 0 Å². The zero-order valence-corrected chi connectivity index (χ0v) is 5.97. The van der Waals surface area contributed by atoms with E-state index in [9.17, 15) is 0 Å². The van der Waals surface area contributed by atoms with Crippen molar-refractivity contribution in [1.82, 2.24) is 9.55 Å². The van der Waals surface area contributed by atoms with Crippen molar-refractivity contribution in [3.05, 3.63) is 42.8 Å². The van der Waals surface area contributed by atoms with Crippen LogP contribution in [-0.2, 0) is 0 Å². The molecule has 2 N–H and O–H groups in total. The van der Waals surface area contributed by atoms with Crippen LogP contribution in [0.1, 0.15) is 9.60 Å². The van der Waals surface area contributed by atoms with Crippen LogP contribution in [0.5, 0.6) is 0 Å². The number of aromatic nitrogens is 2. The summed E-state index contributed by atoms with van der Waals surface area (Å²) in [5.41, 5.74) is 4.93. The Morgan fingerprint density at radius 1 is 1.50 bits per heavy atom. The number of nitrogen functional groups attached to an aromatic ring is 1. The van der Waals surface area contributed by atoms with Gasteiger partial charge in [-0.05, 0) is 18.1 Å². The van der Waals surface area contributed by atoms with Gasteiger partial charge in [0.1, 0.15) is 1.37 Å². The Morgan fingerprint density at radius 3 is 3.17 bits per heavy atom. The highest BCUT2D eigenvalue weighted by molar-refractivity contribution is 5.47. The summed E-state index contributed by atoms with van der Waals surface area (Å²) in [5, 5.41) is 0. The molecule has 0 aliphatic rings. The molecule has 0 spiro atoms. The predicted molar refractivity (Wildman–Crippen MR) is 48.0 cm³/mol. The van der Waals surface area contributed by atoms with Crippen molar-refractivity contribution >= 4 is 5.69 Å². The minimum atomic E-state index is -0.498. The third-order valence-corrected chi connectivity index (χ3v) is 1.22. The van der Waals surface area contributed by atoms with Gasteiger partial charge in [-0.15, -0.1) is 0 Å². The first-order chi connectivity index (χ1) is 8.77. The number of nitrogens with zero attached hydrogens (tertiary/aromatic N) is 2. The Hall–Kier alpha value is -1.77. The summed E-state index contributed by atoms with van der Waals surface area (Å²) in [5.74, 6) is 0. The fourth-order valence-electron chi connectivity index (χ4n) is 0.741. The number of benzene rings is 1. The van der Waals surface area contributed by atoms with Crippen LogP contribution in [0.4, 0.5) is 5.69 Å². The lowest BCUT2D eigenvalue weighted by molar-refractivity contribution is 1.06. The van der Waals surface area contributed by atoms with Crippen molar-refractivity contribution in [2.24, 2.45) is 0 Å². The fraction of sp³-hybridized carbons (Fsp3) is 0. The molecule has 0 saturated heterocycles. The molecule has 0 aliphatic heterocycles. The second-order valence-corrected chi connectivity index (χ2v) is 2.03. The van der Waals surface area contributed by atoms with Crippen LogP contribution in [-0.4, -0.2) is 9.55 Å². The van der Waals surface area contributed by atoms with Gasteiger partial charge in [-0.3, -0.25) is 0 Å². The standard InChI is InChI=1S/C9H9N3/c10-8-2-1-3-9(6-8)12-5-4-11-7-12/h1-7H,10H2/i1D,2D,3D,4D,5D,6D,7D. The summed E-state index contributed by atoms with van der Waals surface area (Å²) < 4.78 is 53.9. The second kappa shape index (κ2) is 2.70. The summed E-state index contributed by atoms with van der Waals surface area (Å²) in [6, 6.07) is -1.86. The van der Waals surface area contributed by atoms with Gasteiger partial charge in [-0.25, -0.2) is 4.98 Å². The van der Waals surface area contributed by atoms with Crippen LogP contribution in [0, 0.1) is 0 Å². The van der Waals surface area contributed by atoms with Crippen LogP contribution in [0.15, 0.2) is 42.8 Å². The molecular weight excluding hydrogens is 150 g/mol. The van der Waals surface area contributed by atoms with Crippen LogP contribution < -0.4 is 5.73 Å². The summed E-state index contributed by atoms with van der Waals surface area (Å²) in [7, 11) is 0. The van der Waals surface area contributed by atoms with Crippen LogP contribution in [0.3, 0.4) is 0 Å². The molecule has 0 fully saturated rings. The highest BCUT2D eigenvalue weighted by atomic mass is 15.0. The number of anilines is 1. The van der Waals surface area contributed by atoms with Gasteiger partial charge in [0.2, 0.25) is 0 Å². The zero-order chi connectivity index (χ0) is 14.5. The second-order valence-electron chi connectivity index (χ2n) is 2.03. The number of hydrogen-bond acceptors (Lipinski definition) is 2. The maximum atomic E-state index is 7.79. The third-order valence-electron chi connectivity index (χ3n) is 1.22. The molecule has 0 atom stereocenters. The number of nitrogens with two attached hydrogens (primary N) is 1. The monoisotopic (exact) mass is 166 g/mol. The van der Waals surface area contributed by atoms with E-state index in [-0.39, 0.29) is 11.4 Å². The minimum absolute atomic E-state index is 0.278. The van der Waals surface area contributed by atoms with Gasteiger partial charge in [0.25, 0.3) is 0 Å². The first-order valence-corrected chi connectivity index (χ1v) is 3.16. The molecule has 3 nitrogen and oxygen atoms in total. The van der Waals surface area contributed by atoms with E-state index in [0.29, 0.717) is 0 Å². The Labute approximate surface area is 80.3 Å². The molecule has 1 aromatic carbocycles. The van der Waals surface area contributed by atoms with Crippen LogP contribution in [0.2, 0.25) is 0 Å². The lowest BCUT2D eigenvalue weighted by Crippen LogP contribution is -1.91. The molecule has 12 heavy (non-hydrogen) atoms. The summed E-state index contributed by atoms with van der Waals surface area (Å²) in [6.07, 6.45) is -1.43. The maximum absolute atomic E-state index is 7.79. The Kier molecular flexibility index (Phi) is 0.589. The van der Waals surface area contributed by atoms with Crippen molar-refractivity contribution < 1.29 is 9.60 Å². The molecule has 0 amide bonds. The molecule has 1 heterocycles.